The first kappa shape index (κ1) is 19.2. The van der Waals surface area contributed by atoms with Crippen molar-refractivity contribution in [1.29, 1.82) is 0 Å². The third kappa shape index (κ3) is 5.98. The zero-order valence-corrected chi connectivity index (χ0v) is 12.3. The van der Waals surface area contributed by atoms with Crippen molar-refractivity contribution in [3.63, 3.8) is 0 Å². The Labute approximate surface area is 107 Å². The Hall–Kier alpha value is 0.160. The van der Waals surface area contributed by atoms with E-state index in [1.165, 1.54) is 27.7 Å². The summed E-state index contributed by atoms with van der Waals surface area (Å²) in [5.41, 5.74) is 0. The largest absolute Gasteiger partial charge is 0.425 e. The summed E-state index contributed by atoms with van der Waals surface area (Å²) in [4.78, 5) is 0. The highest BCUT2D eigenvalue weighted by atomic mass is 32.1. The fourth-order valence-electron chi connectivity index (χ4n) is 1.07. The van der Waals surface area contributed by atoms with Crippen molar-refractivity contribution in [3.05, 3.63) is 0 Å². The third-order valence-corrected chi connectivity index (χ3v) is 7.64. The number of hydrogen-bond donors (Lipinski definition) is 0. The molecule has 11 heteroatoms. The van der Waals surface area contributed by atoms with Gasteiger partial charge in [-0.3, -0.25) is 4.57 Å². The van der Waals surface area contributed by atoms with Gasteiger partial charge in [-0.05, 0) is 27.7 Å². The lowest BCUT2D eigenvalue weighted by Crippen LogP contribution is -2.21. The molecule has 19 heavy (non-hydrogen) atoms. The summed E-state index contributed by atoms with van der Waals surface area (Å²) < 4.78 is 96.3. The van der Waals surface area contributed by atoms with E-state index in [0.717, 1.165) is 0 Å². The van der Waals surface area contributed by atoms with Crippen molar-refractivity contribution in [2.75, 3.05) is 0 Å². The molecule has 0 saturated heterocycles. The van der Waals surface area contributed by atoms with E-state index < -0.39 is 38.9 Å². The van der Waals surface area contributed by atoms with Crippen molar-refractivity contribution in [2.24, 2.45) is 0 Å². The van der Waals surface area contributed by atoms with Gasteiger partial charge >= 0.3 is 19.1 Å². The topological polar surface area (TPSA) is 35.5 Å². The molecule has 3 nitrogen and oxygen atoms in total. The standard InChI is InChI=1S/C8H14F6O3P2/c1-5(2)16-19(15,17-6(3)4)18(7(9,10)11)8(12,13)14/h5-6H,1-4H3. The van der Waals surface area contributed by atoms with Crippen LogP contribution >= 0.6 is 14.9 Å². The van der Waals surface area contributed by atoms with Gasteiger partial charge in [-0.25, -0.2) is 0 Å². The van der Waals surface area contributed by atoms with Crippen LogP contribution in [0.2, 0.25) is 0 Å². The van der Waals surface area contributed by atoms with E-state index in [0.29, 0.717) is 0 Å². The molecule has 0 aliphatic rings. The minimum atomic E-state index is -5.72. The molecule has 0 radical (unpaired) electrons. The molecule has 0 atom stereocenters. The van der Waals surface area contributed by atoms with Crippen molar-refractivity contribution >= 4 is 14.9 Å². The van der Waals surface area contributed by atoms with E-state index in [1.807, 2.05) is 0 Å². The highest BCUT2D eigenvalue weighted by molar-refractivity contribution is 8.29. The summed E-state index contributed by atoms with van der Waals surface area (Å²) in [7, 11) is -10.3. The second-order valence-corrected chi connectivity index (χ2v) is 9.69. The van der Waals surface area contributed by atoms with Gasteiger partial charge in [0.15, 0.2) is 0 Å². The third-order valence-electron chi connectivity index (χ3n) is 1.41. The Kier molecular flexibility index (Phi) is 6.34. The fourth-order valence-corrected chi connectivity index (χ4v) is 6.58. The summed E-state index contributed by atoms with van der Waals surface area (Å²) in [5.74, 6) is -11.4. The van der Waals surface area contributed by atoms with Crippen LogP contribution in [0.1, 0.15) is 27.7 Å². The smallest absolute Gasteiger partial charge is 0.302 e. The number of rotatable bonds is 5. The van der Waals surface area contributed by atoms with Gasteiger partial charge in [0.05, 0.1) is 12.2 Å². The first-order valence-electron chi connectivity index (χ1n) is 5.11. The maximum Gasteiger partial charge on any atom is 0.425 e. The predicted octanol–water partition coefficient (Wildman–Crippen LogP) is 5.47. The molecule has 116 valence electrons. The van der Waals surface area contributed by atoms with Gasteiger partial charge in [0.2, 0.25) is 7.61 Å². The molecule has 0 rings (SSSR count). The molecular formula is C8H14F6O3P2. The average molecular weight is 334 g/mol. The summed E-state index contributed by atoms with van der Waals surface area (Å²) in [6, 6.07) is 0. The first-order valence-corrected chi connectivity index (χ1v) is 8.70. The van der Waals surface area contributed by atoms with Gasteiger partial charge in [0.25, 0.3) is 0 Å². The molecule has 0 heterocycles. The van der Waals surface area contributed by atoms with E-state index in [-0.39, 0.29) is 0 Å². The van der Waals surface area contributed by atoms with Crippen LogP contribution in [-0.4, -0.2) is 24.0 Å². The molecule has 0 N–H and O–H groups in total. The van der Waals surface area contributed by atoms with Crippen molar-refractivity contribution in [2.45, 2.75) is 51.7 Å². The molecule has 0 unspecified atom stereocenters. The maximum absolute atomic E-state index is 12.6. The lowest BCUT2D eigenvalue weighted by molar-refractivity contribution is -0.0812. The quantitative estimate of drug-likeness (QED) is 0.494. The Morgan fingerprint density at radius 3 is 1.26 bits per heavy atom. The van der Waals surface area contributed by atoms with Crippen LogP contribution in [0.25, 0.3) is 0 Å². The lowest BCUT2D eigenvalue weighted by Gasteiger charge is -2.31. The van der Waals surface area contributed by atoms with Crippen LogP contribution in [0, 0.1) is 0 Å². The van der Waals surface area contributed by atoms with Crippen LogP contribution in [0.5, 0.6) is 0 Å². The summed E-state index contributed by atoms with van der Waals surface area (Å²) in [6.45, 7) is 4.71. The summed E-state index contributed by atoms with van der Waals surface area (Å²) in [5, 5.41) is 0. The zero-order chi connectivity index (χ0) is 15.6. The molecule has 0 spiro atoms. The summed E-state index contributed by atoms with van der Waals surface area (Å²) in [6.07, 6.45) is -2.20. The molecule has 0 saturated carbocycles. The van der Waals surface area contributed by atoms with Crippen LogP contribution < -0.4 is 0 Å². The average Bonchev–Trinajstić information content (AvgIpc) is 1.90. The molecule has 0 aromatic heterocycles. The monoisotopic (exact) mass is 334 g/mol. The Bertz CT molecular complexity index is 310. The van der Waals surface area contributed by atoms with E-state index >= 15 is 0 Å². The van der Waals surface area contributed by atoms with Crippen LogP contribution in [0.3, 0.4) is 0 Å². The molecule has 0 amide bonds. The Balaban J connectivity index is 5.70. The first-order chi connectivity index (χ1) is 8.20. The molecule has 0 bridgehead atoms. The Morgan fingerprint density at radius 2 is 1.11 bits per heavy atom. The second-order valence-electron chi connectivity index (χ2n) is 4.02. The Morgan fingerprint density at radius 1 is 0.842 bits per heavy atom. The molecule has 0 aliphatic heterocycles. The van der Waals surface area contributed by atoms with E-state index in [9.17, 15) is 30.9 Å². The lowest BCUT2D eigenvalue weighted by atomic mass is 10.5. The van der Waals surface area contributed by atoms with E-state index in [1.54, 1.807) is 0 Å². The highest BCUT2D eigenvalue weighted by Gasteiger charge is 2.68. The predicted molar refractivity (Wildman–Crippen MR) is 59.1 cm³/mol. The highest BCUT2D eigenvalue weighted by Crippen LogP contribution is 2.89. The van der Waals surface area contributed by atoms with Gasteiger partial charge in [0.1, 0.15) is 0 Å². The second kappa shape index (κ2) is 6.29. The van der Waals surface area contributed by atoms with Crippen LogP contribution in [0.15, 0.2) is 0 Å². The van der Waals surface area contributed by atoms with Gasteiger partial charge in [-0.2, -0.15) is 26.3 Å². The molecule has 0 aliphatic carbocycles. The molecule has 0 aromatic carbocycles. The number of hydrogen-bond acceptors (Lipinski definition) is 3. The van der Waals surface area contributed by atoms with Crippen molar-refractivity contribution < 1.29 is 40.0 Å². The van der Waals surface area contributed by atoms with Crippen LogP contribution in [0.4, 0.5) is 26.3 Å². The van der Waals surface area contributed by atoms with E-state index in [4.69, 9.17) is 0 Å². The normalized spacial score (nSPS) is 14.8. The van der Waals surface area contributed by atoms with Gasteiger partial charge in [-0.15, -0.1) is 0 Å². The minimum Gasteiger partial charge on any atom is -0.302 e. The van der Waals surface area contributed by atoms with Crippen molar-refractivity contribution in [1.82, 2.24) is 0 Å². The number of halogens is 6. The minimum absolute atomic E-state index is 1.10. The fraction of sp³-hybridized carbons (Fsp3) is 1.00. The number of alkyl halides is 6. The van der Waals surface area contributed by atoms with E-state index in [2.05, 4.69) is 9.05 Å². The molecule has 0 fully saturated rings. The molecular weight excluding hydrogens is 320 g/mol. The van der Waals surface area contributed by atoms with Crippen LogP contribution in [-0.2, 0) is 13.6 Å². The SMILES string of the molecule is CC(C)OP(=O)(OC(C)C)P(C(F)(F)F)C(F)(F)F. The summed E-state index contributed by atoms with van der Waals surface area (Å²) >= 11 is 0. The molecule has 0 aromatic rings. The van der Waals surface area contributed by atoms with Gasteiger partial charge in [-0.1, -0.05) is 0 Å². The van der Waals surface area contributed by atoms with Crippen molar-refractivity contribution in [3.8, 4) is 0 Å². The zero-order valence-electron chi connectivity index (χ0n) is 10.5. The van der Waals surface area contributed by atoms with Gasteiger partial charge in [0, 0.05) is 0 Å². The van der Waals surface area contributed by atoms with Gasteiger partial charge < -0.3 is 9.05 Å². The maximum atomic E-state index is 12.6.